The predicted octanol–water partition coefficient (Wildman–Crippen LogP) is 2.67. The van der Waals surface area contributed by atoms with Gasteiger partial charge in [-0.1, -0.05) is 12.2 Å². The summed E-state index contributed by atoms with van der Waals surface area (Å²) >= 11 is 0. The largest absolute Gasteiger partial charge is 0.496 e. The molecule has 6 heteroatoms. The third-order valence-corrected chi connectivity index (χ3v) is 3.33. The molecule has 0 saturated carbocycles. The number of rotatable bonds is 6. The normalized spacial score (nSPS) is 10.9. The molecule has 2 rings (SSSR count). The van der Waals surface area contributed by atoms with Crippen molar-refractivity contribution in [3.63, 3.8) is 0 Å². The number of ether oxygens (including phenoxy) is 2. The van der Waals surface area contributed by atoms with Crippen molar-refractivity contribution in [3.05, 3.63) is 41.1 Å². The molecular formula is C17H22N4O2. The average Bonchev–Trinajstić information content (AvgIpc) is 2.52. The van der Waals surface area contributed by atoms with Crippen molar-refractivity contribution >= 4 is 17.8 Å². The van der Waals surface area contributed by atoms with Gasteiger partial charge in [-0.05, 0) is 31.5 Å². The number of anilines is 2. The van der Waals surface area contributed by atoms with Gasteiger partial charge in [-0.3, -0.25) is 0 Å². The van der Waals surface area contributed by atoms with Gasteiger partial charge in [-0.25, -0.2) is 4.98 Å². The molecule has 0 atom stereocenters. The smallest absolute Gasteiger partial charge is 0.221 e. The molecule has 0 radical (unpaired) electrons. The van der Waals surface area contributed by atoms with Gasteiger partial charge in [0.05, 0.1) is 19.3 Å². The highest BCUT2D eigenvalue weighted by Crippen LogP contribution is 2.33. The molecule has 122 valence electrons. The lowest BCUT2D eigenvalue weighted by molar-refractivity contribution is 0.334. The van der Waals surface area contributed by atoms with Crippen LogP contribution in [0, 0.1) is 0 Å². The topological polar surface area (TPSA) is 96.3 Å². The van der Waals surface area contributed by atoms with Gasteiger partial charge in [0.2, 0.25) is 5.95 Å². The van der Waals surface area contributed by atoms with E-state index in [-0.39, 0.29) is 5.95 Å². The van der Waals surface area contributed by atoms with E-state index >= 15 is 0 Å². The van der Waals surface area contributed by atoms with Crippen LogP contribution in [-0.4, -0.2) is 23.7 Å². The van der Waals surface area contributed by atoms with Gasteiger partial charge in [-0.2, -0.15) is 4.98 Å². The average molecular weight is 314 g/mol. The summed E-state index contributed by atoms with van der Waals surface area (Å²) in [5.74, 6) is 2.07. The molecule has 0 aliphatic carbocycles. The van der Waals surface area contributed by atoms with Crippen LogP contribution in [0.2, 0.25) is 0 Å². The number of aromatic nitrogens is 2. The van der Waals surface area contributed by atoms with Crippen molar-refractivity contribution in [3.8, 4) is 11.5 Å². The molecule has 23 heavy (non-hydrogen) atoms. The molecule has 0 unspecified atom stereocenters. The second-order valence-electron chi connectivity index (χ2n) is 4.96. The Morgan fingerprint density at radius 3 is 2.57 bits per heavy atom. The van der Waals surface area contributed by atoms with Gasteiger partial charge in [-0.15, -0.1) is 0 Å². The summed E-state index contributed by atoms with van der Waals surface area (Å²) < 4.78 is 11.2. The van der Waals surface area contributed by atoms with E-state index in [0.29, 0.717) is 18.8 Å². The first-order valence-electron chi connectivity index (χ1n) is 7.42. The standard InChI is InChI=1S/C17H22N4O2/c1-4-6-13-14(22-3)8-11(9-15(13)23-5-2)7-12-10-20-17(19)21-16(12)18/h4,6,8-10H,5,7H2,1-3H3,(H4,18,19,20,21)/b6-4+. The van der Waals surface area contributed by atoms with Gasteiger partial charge in [0.25, 0.3) is 0 Å². The molecule has 1 aromatic carbocycles. The van der Waals surface area contributed by atoms with Gasteiger partial charge >= 0.3 is 0 Å². The van der Waals surface area contributed by atoms with E-state index < -0.39 is 0 Å². The number of methoxy groups -OCH3 is 1. The molecule has 1 heterocycles. The number of nitrogens with two attached hydrogens (primary N) is 2. The van der Waals surface area contributed by atoms with E-state index in [9.17, 15) is 0 Å². The van der Waals surface area contributed by atoms with Crippen LogP contribution in [0.5, 0.6) is 11.5 Å². The number of hydrogen-bond acceptors (Lipinski definition) is 6. The number of allylic oxidation sites excluding steroid dienone is 1. The quantitative estimate of drug-likeness (QED) is 0.851. The van der Waals surface area contributed by atoms with Crippen molar-refractivity contribution in [2.75, 3.05) is 25.2 Å². The van der Waals surface area contributed by atoms with E-state index in [1.807, 2.05) is 38.1 Å². The molecular weight excluding hydrogens is 292 g/mol. The van der Waals surface area contributed by atoms with Gasteiger partial charge < -0.3 is 20.9 Å². The first-order valence-corrected chi connectivity index (χ1v) is 7.42. The van der Waals surface area contributed by atoms with E-state index in [1.165, 1.54) is 0 Å². The minimum absolute atomic E-state index is 0.169. The van der Waals surface area contributed by atoms with Crippen LogP contribution in [0.15, 0.2) is 24.4 Å². The van der Waals surface area contributed by atoms with Crippen molar-refractivity contribution in [2.45, 2.75) is 20.3 Å². The highest BCUT2D eigenvalue weighted by atomic mass is 16.5. The first kappa shape index (κ1) is 16.6. The Bertz CT molecular complexity index is 714. The first-order chi connectivity index (χ1) is 11.1. The maximum Gasteiger partial charge on any atom is 0.221 e. The predicted molar refractivity (Wildman–Crippen MR) is 92.5 cm³/mol. The lowest BCUT2D eigenvalue weighted by Gasteiger charge is -2.15. The van der Waals surface area contributed by atoms with E-state index in [1.54, 1.807) is 13.3 Å². The Morgan fingerprint density at radius 2 is 1.96 bits per heavy atom. The molecule has 2 aromatic rings. The summed E-state index contributed by atoms with van der Waals surface area (Å²) in [4.78, 5) is 7.99. The van der Waals surface area contributed by atoms with Gasteiger partial charge in [0, 0.05) is 18.2 Å². The fourth-order valence-electron chi connectivity index (χ4n) is 2.32. The molecule has 0 aliphatic rings. The Labute approximate surface area is 136 Å². The van der Waals surface area contributed by atoms with Crippen LogP contribution in [-0.2, 0) is 6.42 Å². The third kappa shape index (κ3) is 3.91. The van der Waals surface area contributed by atoms with Crippen LogP contribution in [0.25, 0.3) is 6.08 Å². The number of hydrogen-bond donors (Lipinski definition) is 2. The Balaban J connectivity index is 2.44. The Morgan fingerprint density at radius 1 is 1.22 bits per heavy atom. The van der Waals surface area contributed by atoms with Crippen molar-refractivity contribution in [2.24, 2.45) is 0 Å². The summed E-state index contributed by atoms with van der Waals surface area (Å²) in [6.07, 6.45) is 6.13. The zero-order valence-corrected chi connectivity index (χ0v) is 13.7. The van der Waals surface area contributed by atoms with E-state index in [2.05, 4.69) is 9.97 Å². The lowest BCUT2D eigenvalue weighted by Crippen LogP contribution is -2.05. The zero-order chi connectivity index (χ0) is 16.8. The lowest BCUT2D eigenvalue weighted by atomic mass is 10.0. The second-order valence-corrected chi connectivity index (χ2v) is 4.96. The summed E-state index contributed by atoms with van der Waals surface area (Å²) in [7, 11) is 1.64. The molecule has 0 saturated heterocycles. The fraction of sp³-hybridized carbons (Fsp3) is 0.294. The van der Waals surface area contributed by atoms with Gasteiger partial charge in [0.1, 0.15) is 17.3 Å². The van der Waals surface area contributed by atoms with Crippen LogP contribution in [0.3, 0.4) is 0 Å². The summed E-state index contributed by atoms with van der Waals surface area (Å²) in [6, 6.07) is 3.95. The van der Waals surface area contributed by atoms with Crippen LogP contribution in [0.4, 0.5) is 11.8 Å². The van der Waals surface area contributed by atoms with Crippen LogP contribution < -0.4 is 20.9 Å². The molecule has 0 spiro atoms. The van der Waals surface area contributed by atoms with Crippen molar-refractivity contribution in [1.29, 1.82) is 0 Å². The van der Waals surface area contributed by atoms with Crippen molar-refractivity contribution in [1.82, 2.24) is 9.97 Å². The van der Waals surface area contributed by atoms with E-state index in [0.717, 1.165) is 28.2 Å². The third-order valence-electron chi connectivity index (χ3n) is 3.33. The van der Waals surface area contributed by atoms with Crippen LogP contribution in [0.1, 0.15) is 30.5 Å². The molecule has 1 aromatic heterocycles. The van der Waals surface area contributed by atoms with Gasteiger partial charge in [0.15, 0.2) is 0 Å². The molecule has 6 nitrogen and oxygen atoms in total. The monoisotopic (exact) mass is 314 g/mol. The minimum atomic E-state index is 0.169. The molecule has 4 N–H and O–H groups in total. The maximum atomic E-state index is 5.91. The SMILES string of the molecule is C/C=C/c1c(OC)cc(Cc2cnc(N)nc2N)cc1OCC. The number of nitrogens with zero attached hydrogens (tertiary/aromatic N) is 2. The van der Waals surface area contributed by atoms with E-state index in [4.69, 9.17) is 20.9 Å². The molecule has 0 fully saturated rings. The summed E-state index contributed by atoms with van der Waals surface area (Å²) in [5, 5.41) is 0. The number of benzene rings is 1. The second kappa shape index (κ2) is 7.49. The highest BCUT2D eigenvalue weighted by Gasteiger charge is 2.12. The van der Waals surface area contributed by atoms with Crippen molar-refractivity contribution < 1.29 is 9.47 Å². The Kier molecular flexibility index (Phi) is 5.41. The Hall–Kier alpha value is -2.76. The fourth-order valence-corrected chi connectivity index (χ4v) is 2.32. The molecule has 0 bridgehead atoms. The number of nitrogen functional groups attached to an aromatic ring is 2. The minimum Gasteiger partial charge on any atom is -0.496 e. The summed E-state index contributed by atoms with van der Waals surface area (Å²) in [6.45, 7) is 4.48. The summed E-state index contributed by atoms with van der Waals surface area (Å²) in [5.41, 5.74) is 14.2. The zero-order valence-electron chi connectivity index (χ0n) is 13.7. The molecule has 0 amide bonds. The maximum absolute atomic E-state index is 5.91. The highest BCUT2D eigenvalue weighted by molar-refractivity contribution is 5.66. The molecule has 0 aliphatic heterocycles. The van der Waals surface area contributed by atoms with Crippen LogP contribution >= 0.6 is 0 Å².